The standard InChI is InChI=1S/C16H18N4O/c1-5-7-9-12(8-6-2)14-13-15(17-10-18-16(13)21)20(19-14)11(3)4/h5-11H,1-2H2,3-4H3,(H,17,18,21)/b9-7-,12-8+. The first-order chi connectivity index (χ1) is 10.1. The van der Waals surface area contributed by atoms with E-state index in [4.69, 9.17) is 0 Å². The lowest BCUT2D eigenvalue weighted by atomic mass is 10.1. The molecule has 108 valence electrons. The van der Waals surface area contributed by atoms with Crippen molar-refractivity contribution in [2.45, 2.75) is 19.9 Å². The first kappa shape index (κ1) is 14.7. The Kier molecular flexibility index (Phi) is 4.33. The van der Waals surface area contributed by atoms with Gasteiger partial charge in [-0.15, -0.1) is 0 Å². The summed E-state index contributed by atoms with van der Waals surface area (Å²) in [5, 5.41) is 5.03. The van der Waals surface area contributed by atoms with Gasteiger partial charge in [0.1, 0.15) is 11.1 Å². The molecule has 5 nitrogen and oxygen atoms in total. The second-order valence-corrected chi connectivity index (χ2v) is 4.77. The number of hydrogen-bond donors (Lipinski definition) is 1. The van der Waals surface area contributed by atoms with Crippen LogP contribution in [0, 0.1) is 0 Å². The molecular formula is C16H18N4O. The van der Waals surface area contributed by atoms with Crippen LogP contribution in [0.1, 0.15) is 25.6 Å². The van der Waals surface area contributed by atoms with E-state index in [0.29, 0.717) is 16.7 Å². The fourth-order valence-electron chi connectivity index (χ4n) is 2.06. The monoisotopic (exact) mass is 282 g/mol. The molecule has 0 spiro atoms. The average molecular weight is 282 g/mol. The highest BCUT2D eigenvalue weighted by Gasteiger charge is 2.18. The SMILES string of the molecule is C=C/C=C\C(=C/C=C)c1nn(C(C)C)c2nc[nH]c(=O)c12. The molecule has 2 aromatic rings. The van der Waals surface area contributed by atoms with Crippen molar-refractivity contribution in [2.75, 3.05) is 0 Å². The Bertz CT molecular complexity index is 790. The van der Waals surface area contributed by atoms with Crippen LogP contribution in [0.4, 0.5) is 0 Å². The lowest BCUT2D eigenvalue weighted by molar-refractivity contribution is 0.545. The van der Waals surface area contributed by atoms with Gasteiger partial charge in [0.05, 0.1) is 6.33 Å². The fourth-order valence-corrected chi connectivity index (χ4v) is 2.06. The third kappa shape index (κ3) is 2.76. The van der Waals surface area contributed by atoms with Crippen molar-refractivity contribution in [1.82, 2.24) is 19.7 Å². The number of hydrogen-bond acceptors (Lipinski definition) is 3. The smallest absolute Gasteiger partial charge is 0.262 e. The van der Waals surface area contributed by atoms with E-state index in [1.165, 1.54) is 6.33 Å². The second kappa shape index (κ2) is 6.17. The van der Waals surface area contributed by atoms with Crippen LogP contribution in [-0.4, -0.2) is 19.7 Å². The van der Waals surface area contributed by atoms with Crippen molar-refractivity contribution in [1.29, 1.82) is 0 Å². The van der Waals surface area contributed by atoms with Crippen LogP contribution in [0.15, 0.2) is 54.7 Å². The molecule has 1 N–H and O–H groups in total. The number of nitrogens with one attached hydrogen (secondary N) is 1. The summed E-state index contributed by atoms with van der Waals surface area (Å²) in [4.78, 5) is 19.0. The molecule has 2 aromatic heterocycles. The highest BCUT2D eigenvalue weighted by molar-refractivity contribution is 5.91. The van der Waals surface area contributed by atoms with Gasteiger partial charge in [0.2, 0.25) is 0 Å². The molecule has 0 aromatic carbocycles. The lowest BCUT2D eigenvalue weighted by Gasteiger charge is -2.05. The largest absolute Gasteiger partial charge is 0.312 e. The van der Waals surface area contributed by atoms with Crippen molar-refractivity contribution < 1.29 is 0 Å². The predicted octanol–water partition coefficient (Wildman–Crippen LogP) is 3.01. The Morgan fingerprint density at radius 3 is 2.76 bits per heavy atom. The number of rotatable bonds is 5. The summed E-state index contributed by atoms with van der Waals surface area (Å²) >= 11 is 0. The summed E-state index contributed by atoms with van der Waals surface area (Å²) in [6.45, 7) is 11.4. The van der Waals surface area contributed by atoms with Crippen molar-refractivity contribution >= 4 is 16.6 Å². The van der Waals surface area contributed by atoms with Crippen LogP contribution in [0.3, 0.4) is 0 Å². The van der Waals surface area contributed by atoms with Crippen molar-refractivity contribution in [2.24, 2.45) is 0 Å². The number of nitrogens with zero attached hydrogens (tertiary/aromatic N) is 3. The van der Waals surface area contributed by atoms with Gasteiger partial charge >= 0.3 is 0 Å². The zero-order valence-electron chi connectivity index (χ0n) is 12.2. The van der Waals surface area contributed by atoms with Crippen molar-refractivity contribution in [3.63, 3.8) is 0 Å². The van der Waals surface area contributed by atoms with Crippen LogP contribution in [0.5, 0.6) is 0 Å². The first-order valence-corrected chi connectivity index (χ1v) is 6.68. The van der Waals surface area contributed by atoms with E-state index in [0.717, 1.165) is 5.57 Å². The highest BCUT2D eigenvalue weighted by Crippen LogP contribution is 2.23. The van der Waals surface area contributed by atoms with Gasteiger partial charge < -0.3 is 4.98 Å². The van der Waals surface area contributed by atoms with E-state index in [2.05, 4.69) is 28.2 Å². The number of H-pyrrole nitrogens is 1. The summed E-state index contributed by atoms with van der Waals surface area (Å²) in [6, 6.07) is 0.101. The molecule has 2 heterocycles. The molecule has 0 saturated carbocycles. The summed E-state index contributed by atoms with van der Waals surface area (Å²) in [5.74, 6) is 0. The third-order valence-corrected chi connectivity index (χ3v) is 2.97. The number of aromatic amines is 1. The van der Waals surface area contributed by atoms with E-state index in [1.807, 2.05) is 19.9 Å². The molecule has 0 fully saturated rings. The van der Waals surface area contributed by atoms with Crippen LogP contribution >= 0.6 is 0 Å². The molecule has 0 radical (unpaired) electrons. The van der Waals surface area contributed by atoms with E-state index in [1.54, 1.807) is 29.0 Å². The Labute approximate surface area is 123 Å². The molecule has 0 bridgehead atoms. The van der Waals surface area contributed by atoms with Gasteiger partial charge in [0, 0.05) is 11.6 Å². The van der Waals surface area contributed by atoms with Gasteiger partial charge in [-0.05, 0) is 13.8 Å². The van der Waals surface area contributed by atoms with Crippen molar-refractivity contribution in [3.05, 3.63) is 65.9 Å². The Balaban J connectivity index is 2.82. The fraction of sp³-hybridized carbons (Fsp3) is 0.188. The number of fused-ring (bicyclic) bond motifs is 1. The Hall–Kier alpha value is -2.69. The number of allylic oxidation sites excluding steroid dienone is 6. The average Bonchev–Trinajstić information content (AvgIpc) is 2.84. The molecule has 2 rings (SSSR count). The van der Waals surface area contributed by atoms with E-state index in [-0.39, 0.29) is 11.6 Å². The van der Waals surface area contributed by atoms with Gasteiger partial charge in [-0.2, -0.15) is 5.10 Å². The van der Waals surface area contributed by atoms with Gasteiger partial charge in [-0.25, -0.2) is 9.67 Å². The lowest BCUT2D eigenvalue weighted by Crippen LogP contribution is -2.08. The zero-order valence-corrected chi connectivity index (χ0v) is 12.2. The maximum absolute atomic E-state index is 12.2. The predicted molar refractivity (Wildman–Crippen MR) is 86.0 cm³/mol. The molecule has 0 saturated heterocycles. The van der Waals surface area contributed by atoms with Crippen LogP contribution in [-0.2, 0) is 0 Å². The summed E-state index contributed by atoms with van der Waals surface area (Å²) in [5.41, 5.74) is 1.74. The second-order valence-electron chi connectivity index (χ2n) is 4.77. The molecule has 0 amide bonds. The topological polar surface area (TPSA) is 63.6 Å². The normalized spacial score (nSPS) is 12.4. The summed E-state index contributed by atoms with van der Waals surface area (Å²) < 4.78 is 1.75. The molecule has 0 aliphatic heterocycles. The van der Waals surface area contributed by atoms with E-state index in [9.17, 15) is 4.79 Å². The van der Waals surface area contributed by atoms with Crippen molar-refractivity contribution in [3.8, 4) is 0 Å². The van der Waals surface area contributed by atoms with Crippen LogP contribution in [0.25, 0.3) is 16.6 Å². The van der Waals surface area contributed by atoms with E-state index < -0.39 is 0 Å². The highest BCUT2D eigenvalue weighted by atomic mass is 16.1. The maximum atomic E-state index is 12.2. The third-order valence-electron chi connectivity index (χ3n) is 2.97. The molecule has 5 heteroatoms. The quantitative estimate of drug-likeness (QED) is 0.857. The van der Waals surface area contributed by atoms with Gasteiger partial charge in [0.15, 0.2) is 5.65 Å². The van der Waals surface area contributed by atoms with Gasteiger partial charge in [-0.1, -0.05) is 43.5 Å². The summed E-state index contributed by atoms with van der Waals surface area (Å²) in [6.07, 6.45) is 10.2. The molecule has 0 aliphatic carbocycles. The minimum atomic E-state index is -0.205. The minimum absolute atomic E-state index is 0.101. The summed E-state index contributed by atoms with van der Waals surface area (Å²) in [7, 11) is 0. The first-order valence-electron chi connectivity index (χ1n) is 6.68. The molecule has 0 unspecified atom stereocenters. The van der Waals surface area contributed by atoms with Crippen LogP contribution in [0.2, 0.25) is 0 Å². The van der Waals surface area contributed by atoms with E-state index >= 15 is 0 Å². The molecule has 21 heavy (non-hydrogen) atoms. The number of aromatic nitrogens is 4. The molecule has 0 atom stereocenters. The minimum Gasteiger partial charge on any atom is -0.312 e. The Morgan fingerprint density at radius 2 is 2.14 bits per heavy atom. The zero-order chi connectivity index (χ0) is 15.4. The molecule has 0 aliphatic rings. The molecular weight excluding hydrogens is 264 g/mol. The van der Waals surface area contributed by atoms with Gasteiger partial charge in [-0.3, -0.25) is 4.79 Å². The Morgan fingerprint density at radius 1 is 1.38 bits per heavy atom. The van der Waals surface area contributed by atoms with Crippen LogP contribution < -0.4 is 5.56 Å². The maximum Gasteiger partial charge on any atom is 0.262 e. The van der Waals surface area contributed by atoms with Gasteiger partial charge in [0.25, 0.3) is 5.56 Å².